The second-order valence-electron chi connectivity index (χ2n) is 5.11. The van der Waals surface area contributed by atoms with Crippen LogP contribution < -0.4 is 10.6 Å². The summed E-state index contributed by atoms with van der Waals surface area (Å²) in [4.78, 5) is 11.2. The first-order valence-electron chi connectivity index (χ1n) is 6.50. The maximum atomic E-state index is 5.76. The van der Waals surface area contributed by atoms with Gasteiger partial charge in [0.1, 0.15) is 0 Å². The molecule has 0 bridgehead atoms. The summed E-state index contributed by atoms with van der Waals surface area (Å²) in [7, 11) is 0. The number of aromatic nitrogens is 2. The molecule has 4 heteroatoms. The molecule has 1 saturated heterocycles. The van der Waals surface area contributed by atoms with Gasteiger partial charge in [0.15, 0.2) is 0 Å². The van der Waals surface area contributed by atoms with Gasteiger partial charge in [-0.25, -0.2) is 9.97 Å². The molecule has 0 aliphatic carbocycles. The molecule has 4 nitrogen and oxygen atoms in total. The van der Waals surface area contributed by atoms with E-state index in [0.29, 0.717) is 6.04 Å². The van der Waals surface area contributed by atoms with E-state index in [1.54, 1.807) is 0 Å². The van der Waals surface area contributed by atoms with Crippen LogP contribution in [0, 0.1) is 0 Å². The summed E-state index contributed by atoms with van der Waals surface area (Å²) >= 11 is 0. The fraction of sp³-hybridized carbons (Fsp3) is 0.692. The topological polar surface area (TPSA) is 55.0 Å². The number of hydrogen-bond acceptors (Lipinski definition) is 4. The number of rotatable bonds is 3. The monoisotopic (exact) mass is 234 g/mol. The zero-order valence-corrected chi connectivity index (χ0v) is 10.8. The predicted molar refractivity (Wildman–Crippen MR) is 70.0 cm³/mol. The van der Waals surface area contributed by atoms with Gasteiger partial charge in [0.25, 0.3) is 0 Å². The molecule has 2 unspecified atom stereocenters. The molecule has 0 radical (unpaired) electrons. The summed E-state index contributed by atoms with van der Waals surface area (Å²) in [6.45, 7) is 5.33. The van der Waals surface area contributed by atoms with Crippen molar-refractivity contribution in [2.45, 2.75) is 51.6 Å². The van der Waals surface area contributed by atoms with Gasteiger partial charge in [0.2, 0.25) is 5.95 Å². The van der Waals surface area contributed by atoms with Crippen LogP contribution in [0.4, 0.5) is 5.95 Å². The number of nitrogens with zero attached hydrogens (tertiary/aromatic N) is 3. The van der Waals surface area contributed by atoms with Gasteiger partial charge in [-0.2, -0.15) is 0 Å². The van der Waals surface area contributed by atoms with Crippen molar-refractivity contribution in [3.8, 4) is 0 Å². The molecule has 1 fully saturated rings. The summed E-state index contributed by atoms with van der Waals surface area (Å²) in [5, 5.41) is 0. The molecule has 2 N–H and O–H groups in total. The van der Waals surface area contributed by atoms with Crippen molar-refractivity contribution in [1.29, 1.82) is 0 Å². The summed E-state index contributed by atoms with van der Waals surface area (Å²) < 4.78 is 0. The summed E-state index contributed by atoms with van der Waals surface area (Å²) in [5.74, 6) is 0.866. The van der Waals surface area contributed by atoms with Gasteiger partial charge in [-0.1, -0.05) is 0 Å². The minimum atomic E-state index is 0.165. The van der Waals surface area contributed by atoms with Crippen molar-refractivity contribution >= 4 is 5.95 Å². The van der Waals surface area contributed by atoms with E-state index in [2.05, 4.69) is 21.8 Å². The van der Waals surface area contributed by atoms with Crippen LogP contribution in [0.1, 0.15) is 38.7 Å². The largest absolute Gasteiger partial charge is 0.338 e. The molecule has 2 heterocycles. The predicted octanol–water partition coefficient (Wildman–Crippen LogP) is 1.75. The van der Waals surface area contributed by atoms with Crippen LogP contribution in [-0.2, 0) is 6.42 Å². The normalized spacial score (nSPS) is 22.5. The van der Waals surface area contributed by atoms with E-state index in [0.717, 1.165) is 24.5 Å². The van der Waals surface area contributed by atoms with Crippen LogP contribution >= 0.6 is 0 Å². The maximum absolute atomic E-state index is 5.76. The van der Waals surface area contributed by atoms with E-state index < -0.39 is 0 Å². The lowest BCUT2D eigenvalue weighted by Gasteiger charge is -2.33. The van der Waals surface area contributed by atoms with E-state index in [9.17, 15) is 0 Å². The summed E-state index contributed by atoms with van der Waals surface area (Å²) in [6, 6.07) is 0.724. The van der Waals surface area contributed by atoms with Gasteiger partial charge in [0.05, 0.1) is 0 Å². The molecule has 1 aliphatic rings. The van der Waals surface area contributed by atoms with Crippen molar-refractivity contribution in [3.05, 3.63) is 18.0 Å². The Labute approximate surface area is 103 Å². The van der Waals surface area contributed by atoms with Gasteiger partial charge in [-0.15, -0.1) is 0 Å². The van der Waals surface area contributed by atoms with Crippen LogP contribution in [0.2, 0.25) is 0 Å². The van der Waals surface area contributed by atoms with Crippen molar-refractivity contribution in [3.63, 3.8) is 0 Å². The van der Waals surface area contributed by atoms with E-state index in [1.807, 2.05) is 19.3 Å². The van der Waals surface area contributed by atoms with Crippen molar-refractivity contribution in [2.75, 3.05) is 11.4 Å². The van der Waals surface area contributed by atoms with Crippen LogP contribution in [-0.4, -0.2) is 28.6 Å². The third-order valence-corrected chi connectivity index (χ3v) is 3.31. The Morgan fingerprint density at radius 2 is 2.12 bits per heavy atom. The molecular formula is C13H22N4. The zero-order chi connectivity index (χ0) is 12.3. The van der Waals surface area contributed by atoms with Crippen LogP contribution in [0.25, 0.3) is 0 Å². The Balaban J connectivity index is 2.06. The smallest absolute Gasteiger partial charge is 0.225 e. The fourth-order valence-corrected chi connectivity index (χ4v) is 2.37. The molecule has 1 aliphatic heterocycles. The molecule has 0 amide bonds. The first kappa shape index (κ1) is 12.3. The molecule has 2 atom stereocenters. The van der Waals surface area contributed by atoms with E-state index in [1.165, 1.54) is 19.3 Å². The number of hydrogen-bond donors (Lipinski definition) is 1. The Kier molecular flexibility index (Phi) is 3.94. The molecule has 1 aromatic heterocycles. The number of anilines is 1. The van der Waals surface area contributed by atoms with Gasteiger partial charge in [-0.3, -0.25) is 0 Å². The van der Waals surface area contributed by atoms with Crippen LogP contribution in [0.3, 0.4) is 0 Å². The highest BCUT2D eigenvalue weighted by Gasteiger charge is 2.20. The highest BCUT2D eigenvalue weighted by atomic mass is 15.3. The van der Waals surface area contributed by atoms with Gasteiger partial charge in [-0.05, 0) is 45.1 Å². The lowest BCUT2D eigenvalue weighted by molar-refractivity contribution is 0.477. The Bertz CT molecular complexity index is 347. The van der Waals surface area contributed by atoms with Crippen LogP contribution in [0.15, 0.2) is 12.4 Å². The second-order valence-corrected chi connectivity index (χ2v) is 5.11. The molecule has 0 saturated carbocycles. The molecule has 2 rings (SSSR count). The van der Waals surface area contributed by atoms with Gasteiger partial charge < -0.3 is 10.6 Å². The third kappa shape index (κ3) is 3.16. The average molecular weight is 234 g/mol. The van der Waals surface area contributed by atoms with Crippen molar-refractivity contribution in [1.82, 2.24) is 9.97 Å². The standard InChI is InChI=1S/C13H22N4/c1-10(14)7-12-8-15-13(16-9-12)17-6-4-3-5-11(17)2/h8-11H,3-7,14H2,1-2H3. The van der Waals surface area contributed by atoms with E-state index in [4.69, 9.17) is 5.73 Å². The zero-order valence-electron chi connectivity index (χ0n) is 10.8. The molecule has 0 spiro atoms. The quantitative estimate of drug-likeness (QED) is 0.865. The number of piperidine rings is 1. The minimum Gasteiger partial charge on any atom is -0.338 e. The highest BCUT2D eigenvalue weighted by Crippen LogP contribution is 2.20. The first-order chi connectivity index (χ1) is 8.16. The third-order valence-electron chi connectivity index (χ3n) is 3.31. The molecule has 1 aromatic rings. The first-order valence-corrected chi connectivity index (χ1v) is 6.50. The van der Waals surface area contributed by atoms with E-state index >= 15 is 0 Å². The van der Waals surface area contributed by atoms with E-state index in [-0.39, 0.29) is 6.04 Å². The fourth-order valence-electron chi connectivity index (χ4n) is 2.37. The average Bonchev–Trinajstić information content (AvgIpc) is 2.30. The SMILES string of the molecule is CC(N)Cc1cnc(N2CCCCC2C)nc1. The molecule has 17 heavy (non-hydrogen) atoms. The molecular weight excluding hydrogens is 212 g/mol. The Morgan fingerprint density at radius 1 is 1.41 bits per heavy atom. The minimum absolute atomic E-state index is 0.165. The lowest BCUT2D eigenvalue weighted by Crippen LogP contribution is -2.38. The van der Waals surface area contributed by atoms with Gasteiger partial charge >= 0.3 is 0 Å². The van der Waals surface area contributed by atoms with Crippen LogP contribution in [0.5, 0.6) is 0 Å². The summed E-state index contributed by atoms with van der Waals surface area (Å²) in [5.41, 5.74) is 6.88. The number of nitrogens with two attached hydrogens (primary N) is 1. The highest BCUT2D eigenvalue weighted by molar-refractivity contribution is 5.32. The van der Waals surface area contributed by atoms with Crippen molar-refractivity contribution < 1.29 is 0 Å². The molecule has 0 aromatic carbocycles. The van der Waals surface area contributed by atoms with Crippen molar-refractivity contribution in [2.24, 2.45) is 5.73 Å². The maximum Gasteiger partial charge on any atom is 0.225 e. The second kappa shape index (κ2) is 5.45. The molecule has 94 valence electrons. The Morgan fingerprint density at radius 3 is 2.71 bits per heavy atom. The van der Waals surface area contributed by atoms with Gasteiger partial charge in [0, 0.05) is 31.0 Å². The summed E-state index contributed by atoms with van der Waals surface area (Å²) in [6.07, 6.45) is 8.47. The lowest BCUT2D eigenvalue weighted by atomic mass is 10.0. The Hall–Kier alpha value is -1.16.